The summed E-state index contributed by atoms with van der Waals surface area (Å²) in [5.41, 5.74) is 6.34. The van der Waals surface area contributed by atoms with Crippen LogP contribution in [0.4, 0.5) is 5.69 Å². The third-order valence-corrected chi connectivity index (χ3v) is 3.97. The van der Waals surface area contributed by atoms with E-state index in [0.29, 0.717) is 22.8 Å². The number of piperidine rings is 1. The quantitative estimate of drug-likeness (QED) is 0.796. The fraction of sp³-hybridized carbons (Fsp3) is 0.538. The summed E-state index contributed by atoms with van der Waals surface area (Å²) >= 11 is 6.12. The highest BCUT2D eigenvalue weighted by Crippen LogP contribution is 2.33. The molecule has 92 valence electrons. The van der Waals surface area contributed by atoms with E-state index in [2.05, 4.69) is 5.32 Å². The molecule has 3 atom stereocenters. The van der Waals surface area contributed by atoms with Gasteiger partial charge in [-0.1, -0.05) is 11.6 Å². The Labute approximate surface area is 106 Å². The molecule has 2 bridgehead atoms. The molecule has 0 amide bonds. The number of nitrogen functional groups attached to an aromatic ring is 1. The topological polar surface area (TPSA) is 47.3 Å². The predicted octanol–water partition coefficient (Wildman–Crippen LogP) is 2.58. The number of anilines is 1. The van der Waals surface area contributed by atoms with Crippen molar-refractivity contribution in [2.45, 2.75) is 43.9 Å². The van der Waals surface area contributed by atoms with Gasteiger partial charge in [0.25, 0.3) is 0 Å². The standard InChI is InChI=1S/C13H17ClN2O/c14-12-5-8(15)1-4-13(12)17-11-6-9-2-3-10(7-11)16-9/h1,4-5,9-11,16H,2-3,6-7,15H2/t9-,10?,11?/m0/s1. The molecule has 0 saturated carbocycles. The molecule has 3 nitrogen and oxygen atoms in total. The molecule has 3 N–H and O–H groups in total. The van der Waals surface area contributed by atoms with Crippen LogP contribution in [0.25, 0.3) is 0 Å². The maximum absolute atomic E-state index is 6.12. The molecule has 2 aliphatic rings. The van der Waals surface area contributed by atoms with E-state index in [1.807, 2.05) is 12.1 Å². The van der Waals surface area contributed by atoms with Gasteiger partial charge in [-0.15, -0.1) is 0 Å². The van der Waals surface area contributed by atoms with Gasteiger partial charge in [-0.3, -0.25) is 0 Å². The Kier molecular flexibility index (Phi) is 2.89. The third-order valence-electron chi connectivity index (χ3n) is 3.68. The average molecular weight is 253 g/mol. The minimum atomic E-state index is 0.287. The summed E-state index contributed by atoms with van der Waals surface area (Å²) in [4.78, 5) is 0. The average Bonchev–Trinajstić information content (AvgIpc) is 2.62. The molecule has 2 aliphatic heterocycles. The zero-order valence-corrected chi connectivity index (χ0v) is 10.4. The van der Waals surface area contributed by atoms with Gasteiger partial charge in [0.2, 0.25) is 0 Å². The molecular formula is C13H17ClN2O. The third kappa shape index (κ3) is 2.35. The SMILES string of the molecule is Nc1ccc(OC2CC3CC[C@@H](C2)N3)c(Cl)c1. The lowest BCUT2D eigenvalue weighted by molar-refractivity contribution is 0.137. The predicted molar refractivity (Wildman–Crippen MR) is 69.5 cm³/mol. The van der Waals surface area contributed by atoms with Crippen LogP contribution in [0.1, 0.15) is 25.7 Å². The molecular weight excluding hydrogens is 236 g/mol. The van der Waals surface area contributed by atoms with Crippen molar-refractivity contribution in [2.75, 3.05) is 5.73 Å². The second kappa shape index (κ2) is 4.39. The second-order valence-corrected chi connectivity index (χ2v) is 5.45. The highest BCUT2D eigenvalue weighted by atomic mass is 35.5. The normalized spacial score (nSPS) is 31.5. The van der Waals surface area contributed by atoms with Crippen molar-refractivity contribution in [2.24, 2.45) is 0 Å². The maximum atomic E-state index is 6.12. The van der Waals surface area contributed by atoms with Crippen molar-refractivity contribution >= 4 is 17.3 Å². The van der Waals surface area contributed by atoms with Gasteiger partial charge >= 0.3 is 0 Å². The van der Waals surface area contributed by atoms with Gasteiger partial charge in [-0.05, 0) is 43.9 Å². The molecule has 0 aliphatic carbocycles. The summed E-state index contributed by atoms with van der Waals surface area (Å²) in [6, 6.07) is 6.70. The molecule has 1 aromatic rings. The number of hydrogen-bond donors (Lipinski definition) is 2. The van der Waals surface area contributed by atoms with Crippen molar-refractivity contribution in [3.05, 3.63) is 23.2 Å². The molecule has 2 saturated heterocycles. The van der Waals surface area contributed by atoms with Crippen molar-refractivity contribution in [1.29, 1.82) is 0 Å². The van der Waals surface area contributed by atoms with Crippen LogP contribution in [0.2, 0.25) is 5.02 Å². The lowest BCUT2D eigenvalue weighted by atomic mass is 10.0. The number of nitrogens with two attached hydrogens (primary N) is 1. The van der Waals surface area contributed by atoms with Gasteiger partial charge in [0.05, 0.1) is 5.02 Å². The summed E-state index contributed by atoms with van der Waals surface area (Å²) in [5, 5.41) is 4.20. The van der Waals surface area contributed by atoms with Crippen LogP contribution in [-0.4, -0.2) is 18.2 Å². The van der Waals surface area contributed by atoms with Crippen LogP contribution < -0.4 is 15.8 Å². The monoisotopic (exact) mass is 252 g/mol. The van der Waals surface area contributed by atoms with E-state index in [0.717, 1.165) is 18.6 Å². The van der Waals surface area contributed by atoms with Gasteiger partial charge in [0.1, 0.15) is 11.9 Å². The molecule has 4 heteroatoms. The Morgan fingerprint density at radius 2 is 1.94 bits per heavy atom. The van der Waals surface area contributed by atoms with E-state index < -0.39 is 0 Å². The molecule has 0 aromatic heterocycles. The summed E-state index contributed by atoms with van der Waals surface area (Å²) in [5.74, 6) is 0.757. The first-order valence-electron chi connectivity index (χ1n) is 6.18. The molecule has 17 heavy (non-hydrogen) atoms. The van der Waals surface area contributed by atoms with Crippen molar-refractivity contribution < 1.29 is 4.74 Å². The zero-order valence-electron chi connectivity index (χ0n) is 9.66. The summed E-state index contributed by atoms with van der Waals surface area (Å²) in [7, 11) is 0. The van der Waals surface area contributed by atoms with Gasteiger partial charge in [0, 0.05) is 17.8 Å². The van der Waals surface area contributed by atoms with Crippen LogP contribution in [0, 0.1) is 0 Å². The van der Waals surface area contributed by atoms with E-state index in [4.69, 9.17) is 22.1 Å². The fourth-order valence-electron chi connectivity index (χ4n) is 2.89. The first-order chi connectivity index (χ1) is 8.20. The van der Waals surface area contributed by atoms with Gasteiger partial charge < -0.3 is 15.8 Å². The molecule has 3 rings (SSSR count). The highest BCUT2D eigenvalue weighted by molar-refractivity contribution is 6.32. The number of hydrogen-bond acceptors (Lipinski definition) is 3. The maximum Gasteiger partial charge on any atom is 0.138 e. The Balaban J connectivity index is 1.70. The van der Waals surface area contributed by atoms with E-state index in [-0.39, 0.29) is 6.10 Å². The molecule has 1 aromatic carbocycles. The zero-order chi connectivity index (χ0) is 11.8. The molecule has 2 unspecified atom stereocenters. The smallest absolute Gasteiger partial charge is 0.138 e. The first kappa shape index (κ1) is 11.2. The summed E-state index contributed by atoms with van der Waals surface area (Å²) in [6.07, 6.45) is 5.00. The largest absolute Gasteiger partial charge is 0.489 e. The van der Waals surface area contributed by atoms with E-state index in [1.54, 1.807) is 6.07 Å². The summed E-state index contributed by atoms with van der Waals surface area (Å²) < 4.78 is 5.99. The van der Waals surface area contributed by atoms with Crippen molar-refractivity contribution in [1.82, 2.24) is 5.32 Å². The first-order valence-corrected chi connectivity index (χ1v) is 6.56. The molecule has 2 heterocycles. The Morgan fingerprint density at radius 1 is 1.24 bits per heavy atom. The van der Waals surface area contributed by atoms with Gasteiger partial charge in [-0.25, -0.2) is 0 Å². The van der Waals surface area contributed by atoms with Crippen LogP contribution in [0.5, 0.6) is 5.75 Å². The van der Waals surface area contributed by atoms with E-state index in [1.165, 1.54) is 12.8 Å². The minimum absolute atomic E-state index is 0.287. The Morgan fingerprint density at radius 3 is 2.59 bits per heavy atom. The Hall–Kier alpha value is -0.930. The number of rotatable bonds is 2. The Bertz CT molecular complexity index is 412. The molecule has 2 fully saturated rings. The van der Waals surface area contributed by atoms with Gasteiger partial charge in [0.15, 0.2) is 0 Å². The van der Waals surface area contributed by atoms with Crippen LogP contribution in [0.15, 0.2) is 18.2 Å². The van der Waals surface area contributed by atoms with Crippen molar-refractivity contribution in [3.63, 3.8) is 0 Å². The van der Waals surface area contributed by atoms with Crippen LogP contribution in [-0.2, 0) is 0 Å². The van der Waals surface area contributed by atoms with Crippen molar-refractivity contribution in [3.8, 4) is 5.75 Å². The minimum Gasteiger partial charge on any atom is -0.489 e. The van der Waals surface area contributed by atoms with Gasteiger partial charge in [-0.2, -0.15) is 0 Å². The highest BCUT2D eigenvalue weighted by Gasteiger charge is 2.34. The van der Waals surface area contributed by atoms with Crippen LogP contribution in [0.3, 0.4) is 0 Å². The number of halogens is 1. The number of benzene rings is 1. The second-order valence-electron chi connectivity index (χ2n) is 5.04. The van der Waals surface area contributed by atoms with E-state index >= 15 is 0 Å². The molecule has 0 radical (unpaired) electrons. The lowest BCUT2D eigenvalue weighted by Gasteiger charge is -2.29. The lowest BCUT2D eigenvalue weighted by Crippen LogP contribution is -2.42. The number of ether oxygens (including phenoxy) is 1. The summed E-state index contributed by atoms with van der Waals surface area (Å²) in [6.45, 7) is 0. The van der Waals surface area contributed by atoms with Crippen LogP contribution >= 0.6 is 11.6 Å². The number of fused-ring (bicyclic) bond motifs is 2. The fourth-order valence-corrected chi connectivity index (χ4v) is 3.13. The number of nitrogens with one attached hydrogen (secondary N) is 1. The van der Waals surface area contributed by atoms with E-state index in [9.17, 15) is 0 Å². The molecule has 0 spiro atoms.